The van der Waals surface area contributed by atoms with E-state index in [9.17, 15) is 13.9 Å². The quantitative estimate of drug-likeness (QED) is 0.744. The molecule has 0 unspecified atom stereocenters. The number of alkyl halides is 2. The number of nitrogens with one attached hydrogen (secondary N) is 1. The van der Waals surface area contributed by atoms with Gasteiger partial charge in [-0.05, 0) is 17.7 Å². The Morgan fingerprint density at radius 2 is 2.18 bits per heavy atom. The molecule has 0 aliphatic rings. The molecule has 1 aromatic rings. The van der Waals surface area contributed by atoms with Crippen molar-refractivity contribution in [3.63, 3.8) is 0 Å². The average molecular weight is 266 g/mol. The van der Waals surface area contributed by atoms with E-state index in [1.54, 1.807) is 12.1 Å². The van der Waals surface area contributed by atoms with Crippen LogP contribution in [0.25, 0.3) is 0 Å². The van der Waals surface area contributed by atoms with Crippen molar-refractivity contribution in [3.05, 3.63) is 28.8 Å². The van der Waals surface area contributed by atoms with E-state index in [0.717, 1.165) is 5.56 Å². The second kappa shape index (κ2) is 7.42. The highest BCUT2D eigenvalue weighted by Crippen LogP contribution is 2.23. The number of aromatic hydroxyl groups is 1. The summed E-state index contributed by atoms with van der Waals surface area (Å²) in [5.74, 6) is 0.0377. The zero-order chi connectivity index (χ0) is 12.7. The highest BCUT2D eigenvalue weighted by atomic mass is 35.5. The minimum Gasteiger partial charge on any atom is -0.506 e. The van der Waals surface area contributed by atoms with Crippen molar-refractivity contribution in [2.75, 3.05) is 19.8 Å². The lowest BCUT2D eigenvalue weighted by atomic mass is 10.2. The van der Waals surface area contributed by atoms with Crippen molar-refractivity contribution in [3.8, 4) is 5.75 Å². The highest BCUT2D eigenvalue weighted by molar-refractivity contribution is 6.32. The first-order chi connectivity index (χ1) is 8.09. The van der Waals surface area contributed by atoms with E-state index in [0.29, 0.717) is 18.1 Å². The summed E-state index contributed by atoms with van der Waals surface area (Å²) in [5.41, 5.74) is 0.904. The Bertz CT molecular complexity index is 350. The molecule has 1 aromatic carbocycles. The van der Waals surface area contributed by atoms with Crippen LogP contribution in [0.1, 0.15) is 5.56 Å². The summed E-state index contributed by atoms with van der Waals surface area (Å²) in [6, 6.07) is 4.88. The Morgan fingerprint density at radius 3 is 2.82 bits per heavy atom. The van der Waals surface area contributed by atoms with E-state index < -0.39 is 13.0 Å². The fraction of sp³-hybridized carbons (Fsp3) is 0.455. The molecule has 0 amide bonds. The van der Waals surface area contributed by atoms with Gasteiger partial charge in [0.25, 0.3) is 6.43 Å². The number of halogens is 3. The van der Waals surface area contributed by atoms with Crippen LogP contribution in [-0.4, -0.2) is 31.3 Å². The van der Waals surface area contributed by atoms with Crippen LogP contribution in [0.5, 0.6) is 5.75 Å². The molecular weight excluding hydrogens is 252 g/mol. The van der Waals surface area contributed by atoms with Gasteiger partial charge in [0.15, 0.2) is 0 Å². The van der Waals surface area contributed by atoms with Crippen molar-refractivity contribution in [1.82, 2.24) is 5.32 Å². The molecule has 0 saturated heterocycles. The first kappa shape index (κ1) is 14.2. The van der Waals surface area contributed by atoms with E-state index in [1.165, 1.54) is 6.07 Å². The summed E-state index contributed by atoms with van der Waals surface area (Å²) in [6.45, 7) is 0.714. The molecule has 0 aliphatic heterocycles. The Balaban J connectivity index is 2.16. The van der Waals surface area contributed by atoms with Gasteiger partial charge in [-0.3, -0.25) is 0 Å². The molecule has 1 rings (SSSR count). The average Bonchev–Trinajstić information content (AvgIpc) is 2.27. The number of rotatable bonds is 7. The van der Waals surface area contributed by atoms with Gasteiger partial charge in [0.1, 0.15) is 12.4 Å². The summed E-state index contributed by atoms with van der Waals surface area (Å²) >= 11 is 5.73. The third-order valence-corrected chi connectivity index (χ3v) is 2.31. The molecule has 0 heterocycles. The van der Waals surface area contributed by atoms with Crippen LogP contribution < -0.4 is 5.32 Å². The first-order valence-electron chi connectivity index (χ1n) is 5.13. The smallest absolute Gasteiger partial charge is 0.261 e. The third kappa shape index (κ3) is 5.81. The third-order valence-electron chi connectivity index (χ3n) is 2.01. The van der Waals surface area contributed by atoms with Crippen LogP contribution >= 0.6 is 11.6 Å². The van der Waals surface area contributed by atoms with E-state index in [-0.39, 0.29) is 12.4 Å². The van der Waals surface area contributed by atoms with E-state index in [4.69, 9.17) is 16.3 Å². The van der Waals surface area contributed by atoms with Gasteiger partial charge in [0.05, 0.1) is 11.6 Å². The summed E-state index contributed by atoms with van der Waals surface area (Å²) in [5, 5.41) is 12.5. The normalized spacial score (nSPS) is 11.1. The zero-order valence-electron chi connectivity index (χ0n) is 9.13. The van der Waals surface area contributed by atoms with Gasteiger partial charge in [0.2, 0.25) is 0 Å². The van der Waals surface area contributed by atoms with Crippen molar-refractivity contribution >= 4 is 11.6 Å². The summed E-state index contributed by atoms with van der Waals surface area (Å²) in [7, 11) is 0. The van der Waals surface area contributed by atoms with Crippen LogP contribution in [0.3, 0.4) is 0 Å². The van der Waals surface area contributed by atoms with E-state index in [1.807, 2.05) is 0 Å². The number of hydrogen-bond acceptors (Lipinski definition) is 3. The maximum absolute atomic E-state index is 11.7. The molecule has 0 aliphatic carbocycles. The molecule has 0 saturated carbocycles. The van der Waals surface area contributed by atoms with Crippen LogP contribution in [0.2, 0.25) is 5.02 Å². The van der Waals surface area contributed by atoms with Crippen molar-refractivity contribution in [2.24, 2.45) is 0 Å². The largest absolute Gasteiger partial charge is 0.506 e. The van der Waals surface area contributed by atoms with Gasteiger partial charge in [-0.1, -0.05) is 17.7 Å². The monoisotopic (exact) mass is 265 g/mol. The maximum Gasteiger partial charge on any atom is 0.261 e. The Hall–Kier alpha value is -0.910. The fourth-order valence-corrected chi connectivity index (χ4v) is 1.41. The second-order valence-electron chi connectivity index (χ2n) is 3.43. The van der Waals surface area contributed by atoms with Gasteiger partial charge in [0, 0.05) is 13.1 Å². The van der Waals surface area contributed by atoms with Crippen LogP contribution in [0, 0.1) is 0 Å². The topological polar surface area (TPSA) is 41.5 Å². The number of phenols is 1. The highest BCUT2D eigenvalue weighted by Gasteiger charge is 2.01. The number of hydrogen-bond donors (Lipinski definition) is 2. The van der Waals surface area contributed by atoms with Crippen LogP contribution in [-0.2, 0) is 11.3 Å². The molecule has 0 aromatic heterocycles. The minimum atomic E-state index is -2.43. The van der Waals surface area contributed by atoms with Crippen molar-refractivity contribution in [2.45, 2.75) is 13.0 Å². The predicted molar refractivity (Wildman–Crippen MR) is 61.6 cm³/mol. The molecule has 3 nitrogen and oxygen atoms in total. The standard InChI is InChI=1S/C11H14ClF2NO2/c12-9-5-8(1-2-10(9)16)6-15-3-4-17-7-11(13)14/h1-2,5,11,15-16H,3-4,6-7H2. The Labute approximate surface area is 103 Å². The molecule has 96 valence electrons. The van der Waals surface area contributed by atoms with E-state index in [2.05, 4.69) is 5.32 Å². The van der Waals surface area contributed by atoms with Gasteiger partial charge in [-0.25, -0.2) is 8.78 Å². The molecule has 0 spiro atoms. The molecule has 0 fully saturated rings. The molecule has 0 radical (unpaired) electrons. The number of benzene rings is 1. The van der Waals surface area contributed by atoms with Crippen molar-refractivity contribution < 1.29 is 18.6 Å². The van der Waals surface area contributed by atoms with Gasteiger partial charge in [-0.15, -0.1) is 0 Å². The Kier molecular flexibility index (Phi) is 6.18. The van der Waals surface area contributed by atoms with Crippen LogP contribution in [0.4, 0.5) is 8.78 Å². The second-order valence-corrected chi connectivity index (χ2v) is 3.84. The summed E-state index contributed by atoms with van der Waals surface area (Å²) in [4.78, 5) is 0. The SMILES string of the molecule is Oc1ccc(CNCCOCC(F)F)cc1Cl. The van der Waals surface area contributed by atoms with Gasteiger partial charge < -0.3 is 15.2 Å². The molecule has 17 heavy (non-hydrogen) atoms. The lowest BCUT2D eigenvalue weighted by Gasteiger charge is -2.06. The molecule has 0 bridgehead atoms. The molecule has 0 atom stereocenters. The lowest BCUT2D eigenvalue weighted by Crippen LogP contribution is -2.20. The predicted octanol–water partition coefficient (Wildman–Crippen LogP) is 2.42. The van der Waals surface area contributed by atoms with Gasteiger partial charge in [-0.2, -0.15) is 0 Å². The molecule has 2 N–H and O–H groups in total. The lowest BCUT2D eigenvalue weighted by molar-refractivity contribution is 0.0187. The number of ether oxygens (including phenoxy) is 1. The molecule has 6 heteroatoms. The van der Waals surface area contributed by atoms with Gasteiger partial charge >= 0.3 is 0 Å². The van der Waals surface area contributed by atoms with Crippen molar-refractivity contribution in [1.29, 1.82) is 0 Å². The Morgan fingerprint density at radius 1 is 1.41 bits per heavy atom. The van der Waals surface area contributed by atoms with Crippen LogP contribution in [0.15, 0.2) is 18.2 Å². The van der Waals surface area contributed by atoms with E-state index >= 15 is 0 Å². The summed E-state index contributed by atoms with van der Waals surface area (Å²) in [6.07, 6.45) is -2.43. The number of phenolic OH excluding ortho intramolecular Hbond substituents is 1. The molecular formula is C11H14ClF2NO2. The minimum absolute atomic E-state index is 0.0377. The maximum atomic E-state index is 11.7. The zero-order valence-corrected chi connectivity index (χ0v) is 9.88. The first-order valence-corrected chi connectivity index (χ1v) is 5.51. The fourth-order valence-electron chi connectivity index (χ4n) is 1.21. The summed E-state index contributed by atoms with van der Waals surface area (Å²) < 4.78 is 28.1.